The van der Waals surface area contributed by atoms with Crippen LogP contribution in [0.25, 0.3) is 0 Å². The van der Waals surface area contributed by atoms with E-state index in [1.165, 1.54) is 112 Å². The summed E-state index contributed by atoms with van der Waals surface area (Å²) in [5.41, 5.74) is 24.1. The topological polar surface area (TPSA) is 6.48 Å². The third kappa shape index (κ3) is 36.7. The number of hydrogen-bond acceptors (Lipinski definition) is 2. The Morgan fingerprint density at radius 1 is 0.276 bits per heavy atom. The molecule has 14 heteroatoms. The number of rotatable bonds is 16. The Bertz CT molecular complexity index is 3460. The normalized spacial score (nSPS) is 19.6. The smallest absolute Gasteiger partial charge is 0.0620 e. The predicted octanol–water partition coefficient (Wildman–Crippen LogP) is 33.9. The number of halogens is 5. The minimum atomic E-state index is -1.61. The van der Waals surface area contributed by atoms with Gasteiger partial charge in [0, 0.05) is 48.2 Å². The van der Waals surface area contributed by atoms with Crippen molar-refractivity contribution in [1.82, 2.24) is 0 Å². The van der Waals surface area contributed by atoms with Crippen molar-refractivity contribution in [2.24, 2.45) is 0 Å². The molecule has 1 aliphatic heterocycles. The fraction of sp³-hybridized carbons (Fsp3) is 0.569. The van der Waals surface area contributed by atoms with Crippen LogP contribution in [-0.4, -0.2) is 73.2 Å². The second kappa shape index (κ2) is 61.7. The zero-order chi connectivity index (χ0) is 85.2. The summed E-state index contributed by atoms with van der Waals surface area (Å²) < 4.78 is 3.85. The van der Waals surface area contributed by atoms with Crippen molar-refractivity contribution in [1.29, 1.82) is 0 Å². The SMILES string of the molecule is C1CCC([PH+](C2CCCCC2)C2CCCCC2)CC1.C1CCC([PH+](C2CCCCC2)C2CCCCC2)CC1.C1CCC([PH+](C2CCCCC2)C2CCCCC2)CC1.Cc1cc(C)c(N2[CH-]N(c3c(C)cc(C)cc3C)CC2)c(C)c1.[CH3-].[CH3-].[Cl][Rh+2].[Cl][Ru]([Cl])=[CH]c1ccccc1.[Cl][Ru]([Cl])=[CH]c1ccccc1.c1ccc([PH+](c2ccccc2)c2ccccc2)cc1. The third-order valence-corrected chi connectivity index (χ3v) is 48.7. The van der Waals surface area contributed by atoms with Crippen LogP contribution in [0.3, 0.4) is 0 Å². The summed E-state index contributed by atoms with van der Waals surface area (Å²) in [4.78, 5) is 4.81. The summed E-state index contributed by atoms with van der Waals surface area (Å²) in [7, 11) is 26.2. The molecule has 10 fully saturated rings. The van der Waals surface area contributed by atoms with Crippen LogP contribution in [0.1, 0.15) is 333 Å². The van der Waals surface area contributed by atoms with Crippen molar-refractivity contribution in [3.8, 4) is 0 Å². The van der Waals surface area contributed by atoms with Gasteiger partial charge in [-0.3, -0.25) is 0 Å². The molecule has 0 amide bonds. The molecule has 7 aromatic carbocycles. The van der Waals surface area contributed by atoms with Crippen LogP contribution in [-0.2, 0) is 44.3 Å². The van der Waals surface area contributed by atoms with Gasteiger partial charge in [-0.1, -0.05) is 148 Å². The minimum Gasteiger partial charge on any atom is -0.0620 e. The van der Waals surface area contributed by atoms with Gasteiger partial charge in [-0.2, -0.15) is 6.67 Å². The first-order chi connectivity index (χ1) is 59.2. The zero-order valence-electron chi connectivity index (χ0n) is 77.2. The van der Waals surface area contributed by atoms with Gasteiger partial charge < -0.3 is 24.7 Å². The van der Waals surface area contributed by atoms with Crippen molar-refractivity contribution in [2.75, 3.05) is 22.9 Å². The minimum absolute atomic E-state index is 0. The maximum absolute atomic E-state index is 5.67. The van der Waals surface area contributed by atoms with Gasteiger partial charge in [0.15, 0.2) is 0 Å². The Balaban J connectivity index is 0.000000180. The van der Waals surface area contributed by atoms with Crippen LogP contribution in [0.5, 0.6) is 0 Å². The average molecular weight is 2110 g/mol. The van der Waals surface area contributed by atoms with Crippen LogP contribution >= 0.6 is 80.1 Å². The van der Waals surface area contributed by atoms with Crippen LogP contribution in [0.15, 0.2) is 176 Å². The molecule has 2 nitrogen and oxygen atoms in total. The maximum Gasteiger partial charge on any atom is 0.102 e. The van der Waals surface area contributed by atoms with E-state index >= 15 is 0 Å². The van der Waals surface area contributed by atoms with Gasteiger partial charge in [0.05, 0.1) is 58.9 Å². The molecular formula is C109H163Cl5N2P4RhRu2+3. The number of benzene rings is 7. The Morgan fingerprint density at radius 3 is 0.618 bits per heavy atom. The molecule has 0 unspecified atom stereocenters. The second-order valence-corrected chi connectivity index (χ2v) is 61.7. The van der Waals surface area contributed by atoms with Crippen molar-refractivity contribution in [2.45, 2.75) is 381 Å². The summed E-state index contributed by atoms with van der Waals surface area (Å²) >= 11 is -1.21. The first-order valence-electron chi connectivity index (χ1n) is 48.3. The third-order valence-electron chi connectivity index (χ3n) is 28.6. The quantitative estimate of drug-likeness (QED) is 0.0540. The maximum atomic E-state index is 5.67. The Kier molecular flexibility index (Phi) is 53.8. The van der Waals surface area contributed by atoms with Crippen LogP contribution in [0, 0.1) is 63.1 Å². The van der Waals surface area contributed by atoms with E-state index in [1.54, 1.807) is 289 Å². The predicted molar refractivity (Wildman–Crippen MR) is 559 cm³/mol. The van der Waals surface area contributed by atoms with Crippen molar-refractivity contribution in [3.05, 3.63) is 242 Å². The monoisotopic (exact) mass is 2110 g/mol. The summed E-state index contributed by atoms with van der Waals surface area (Å²) in [5, 5.41) is 4.31. The molecule has 0 radical (unpaired) electrons. The Hall–Kier alpha value is -1.08. The standard InChI is InChI=1S/C21H27N2.3C18H33P.C18H15P.2C7H6.2CH3.5ClH.Rh.2Ru/c1-14-9-16(3)20(17(4)10-14)22-7-8-23(13-22)21-18(5)11-15(2)12-19(21)6;4*1-4-10-16(11-5-1)19(17-12-6-2-7-13-17)18-14-8-3-9-15-18;2*1-7-5-3-2-4-6-7;;;;;;;;;;/h9-13H,7-8H2,1-6H3;3*16-18H,1-15H2;1-15H;2*1-6H;2*1H3;5*1H;;;/q-1;;;;;;;2*-1;;;;;;+3;2*+2/p-1. The first kappa shape index (κ1) is 107. The largest absolute Gasteiger partial charge is 0.102 e. The van der Waals surface area contributed by atoms with Gasteiger partial charge in [0.1, 0.15) is 15.9 Å². The Morgan fingerprint density at radius 2 is 0.447 bits per heavy atom. The second-order valence-electron chi connectivity index (χ2n) is 37.4. The van der Waals surface area contributed by atoms with Crippen molar-refractivity contribution in [3.63, 3.8) is 0 Å². The molecule has 10 aliphatic rings. The molecule has 686 valence electrons. The summed E-state index contributed by atoms with van der Waals surface area (Å²) in [6.07, 6.45) is 71.4. The number of aryl methyl sites for hydroxylation is 6. The molecule has 0 bridgehead atoms. The Labute approximate surface area is 799 Å². The van der Waals surface area contributed by atoms with Crippen molar-refractivity contribution < 1.29 is 44.3 Å². The molecule has 123 heavy (non-hydrogen) atoms. The molecule has 7 aromatic rings. The number of hydrogen-bond donors (Lipinski definition) is 0. The van der Waals surface area contributed by atoms with E-state index in [0.717, 1.165) is 24.2 Å². The van der Waals surface area contributed by atoms with E-state index < -0.39 is 35.0 Å². The van der Waals surface area contributed by atoms with Gasteiger partial charge >= 0.3 is 174 Å². The van der Waals surface area contributed by atoms with E-state index in [4.69, 9.17) is 38.8 Å². The van der Waals surface area contributed by atoms with Gasteiger partial charge in [0.2, 0.25) is 0 Å². The van der Waals surface area contributed by atoms with Gasteiger partial charge in [-0.15, -0.1) is 0 Å². The fourth-order valence-electron chi connectivity index (χ4n) is 23.5. The van der Waals surface area contributed by atoms with Gasteiger partial charge in [0.25, 0.3) is 0 Å². The van der Waals surface area contributed by atoms with Crippen LogP contribution in [0.4, 0.5) is 11.4 Å². The number of anilines is 2. The van der Waals surface area contributed by atoms with E-state index in [-0.39, 0.29) is 38.6 Å². The van der Waals surface area contributed by atoms with E-state index in [2.05, 4.69) is 183 Å². The van der Waals surface area contributed by atoms with Crippen LogP contribution in [0.2, 0.25) is 0 Å². The molecule has 1 heterocycles. The molecule has 9 aliphatic carbocycles. The molecule has 0 spiro atoms. The molecule has 0 N–H and O–H groups in total. The molecule has 0 aromatic heterocycles. The van der Waals surface area contributed by atoms with Crippen LogP contribution < -0.4 is 25.7 Å². The first-order valence-corrected chi connectivity index (χ1v) is 68.1. The fourth-order valence-corrected chi connectivity index (χ4v) is 45.5. The molecule has 1 saturated heterocycles. The molecular weight excluding hydrogens is 1940 g/mol. The summed E-state index contributed by atoms with van der Waals surface area (Å²) in [6.45, 7) is 17.6. The zero-order valence-corrected chi connectivity index (χ0v) is 90.1. The van der Waals surface area contributed by atoms with Gasteiger partial charge in [-0.05, 0) is 331 Å². The average Bonchev–Trinajstić information content (AvgIpc) is 1.52. The summed E-state index contributed by atoms with van der Waals surface area (Å²) in [6, 6.07) is 61.4. The molecule has 17 rings (SSSR count). The van der Waals surface area contributed by atoms with Crippen molar-refractivity contribution >= 4 is 117 Å². The van der Waals surface area contributed by atoms with E-state index in [1.807, 2.05) is 87.2 Å². The molecule has 9 saturated carbocycles. The summed E-state index contributed by atoms with van der Waals surface area (Å²) in [5.74, 6) is 0. The number of nitrogens with zero attached hydrogens (tertiary/aromatic N) is 2. The molecule has 0 atom stereocenters. The van der Waals surface area contributed by atoms with E-state index in [0.29, 0.717) is 0 Å². The van der Waals surface area contributed by atoms with Gasteiger partial charge in [-0.25, -0.2) is 0 Å². The van der Waals surface area contributed by atoms with E-state index in [9.17, 15) is 0 Å².